The van der Waals surface area contributed by atoms with Gasteiger partial charge >= 0.3 is 0 Å². The Morgan fingerprint density at radius 2 is 2.00 bits per heavy atom. The first-order valence-electron chi connectivity index (χ1n) is 7.07. The monoisotopic (exact) mass is 276 g/mol. The number of hydrogen-bond acceptors (Lipinski definition) is 2. The Kier molecular flexibility index (Phi) is 8.62. The van der Waals surface area contributed by atoms with E-state index in [0.29, 0.717) is 30.3 Å². The van der Waals surface area contributed by atoms with E-state index < -0.39 is 0 Å². The number of nitrogens with zero attached hydrogens (tertiary/aromatic N) is 1. The molecule has 0 saturated heterocycles. The Hall–Kier alpha value is -0.280. The van der Waals surface area contributed by atoms with Gasteiger partial charge in [-0.2, -0.15) is 0 Å². The maximum Gasteiger partial charge on any atom is 0.223 e. The van der Waals surface area contributed by atoms with E-state index in [0.717, 1.165) is 19.4 Å². The molecule has 1 aliphatic rings. The highest BCUT2D eigenvalue weighted by Gasteiger charge is 2.36. The summed E-state index contributed by atoms with van der Waals surface area (Å²) in [5.41, 5.74) is 0. The fraction of sp³-hybridized carbons (Fsp3) is 0.929. The SMILES string of the molecule is CCC(C)C(C)N(C(=O)CCCNC)C1CC1.Cl. The maximum absolute atomic E-state index is 12.3. The summed E-state index contributed by atoms with van der Waals surface area (Å²) in [6.45, 7) is 7.60. The molecule has 108 valence electrons. The average Bonchev–Trinajstić information content (AvgIpc) is 3.13. The van der Waals surface area contributed by atoms with Gasteiger partial charge in [0.15, 0.2) is 0 Å². The molecule has 1 fully saturated rings. The third kappa shape index (κ3) is 5.15. The summed E-state index contributed by atoms with van der Waals surface area (Å²) in [7, 11) is 1.94. The van der Waals surface area contributed by atoms with Crippen LogP contribution in [0.2, 0.25) is 0 Å². The Balaban J connectivity index is 0.00000289. The van der Waals surface area contributed by atoms with Crippen LogP contribution in [0.5, 0.6) is 0 Å². The van der Waals surface area contributed by atoms with Crippen molar-refractivity contribution in [2.45, 2.75) is 65.0 Å². The zero-order chi connectivity index (χ0) is 12.8. The first-order chi connectivity index (χ1) is 8.11. The number of rotatable bonds is 8. The normalized spacial score (nSPS) is 17.8. The van der Waals surface area contributed by atoms with E-state index in [-0.39, 0.29) is 12.4 Å². The molecule has 2 atom stereocenters. The molecule has 18 heavy (non-hydrogen) atoms. The van der Waals surface area contributed by atoms with Gasteiger partial charge < -0.3 is 10.2 Å². The molecule has 1 N–H and O–H groups in total. The molecule has 0 aliphatic heterocycles. The summed E-state index contributed by atoms with van der Waals surface area (Å²) >= 11 is 0. The molecule has 0 aromatic rings. The van der Waals surface area contributed by atoms with Crippen LogP contribution in [0.4, 0.5) is 0 Å². The molecule has 0 heterocycles. The molecule has 1 rings (SSSR count). The first-order valence-corrected chi connectivity index (χ1v) is 7.07. The lowest BCUT2D eigenvalue weighted by atomic mass is 9.98. The summed E-state index contributed by atoms with van der Waals surface area (Å²) in [4.78, 5) is 14.4. The number of carbonyl (C=O) groups excluding carboxylic acids is 1. The summed E-state index contributed by atoms with van der Waals surface area (Å²) in [6, 6.07) is 0.940. The van der Waals surface area contributed by atoms with Crippen molar-refractivity contribution in [2.75, 3.05) is 13.6 Å². The van der Waals surface area contributed by atoms with Crippen LogP contribution in [-0.2, 0) is 4.79 Å². The third-order valence-electron chi connectivity index (χ3n) is 3.95. The van der Waals surface area contributed by atoms with Gasteiger partial charge in [0.1, 0.15) is 0 Å². The van der Waals surface area contributed by atoms with E-state index in [4.69, 9.17) is 0 Å². The molecule has 4 heteroatoms. The standard InChI is InChI=1S/C14H28N2O.ClH/c1-5-11(2)12(3)16(13-8-9-13)14(17)7-6-10-15-4;/h11-13,15H,5-10H2,1-4H3;1H. The van der Waals surface area contributed by atoms with Gasteiger partial charge in [0.25, 0.3) is 0 Å². The van der Waals surface area contributed by atoms with E-state index in [1.807, 2.05) is 7.05 Å². The Morgan fingerprint density at radius 1 is 1.39 bits per heavy atom. The quantitative estimate of drug-likeness (QED) is 0.692. The smallest absolute Gasteiger partial charge is 0.223 e. The van der Waals surface area contributed by atoms with Crippen molar-refractivity contribution in [1.29, 1.82) is 0 Å². The highest BCUT2D eigenvalue weighted by molar-refractivity contribution is 5.85. The van der Waals surface area contributed by atoms with Crippen molar-refractivity contribution >= 4 is 18.3 Å². The van der Waals surface area contributed by atoms with Gasteiger partial charge in [-0.3, -0.25) is 4.79 Å². The summed E-state index contributed by atoms with van der Waals surface area (Å²) in [6.07, 6.45) is 5.20. The first kappa shape index (κ1) is 17.7. The van der Waals surface area contributed by atoms with Gasteiger partial charge in [0.05, 0.1) is 0 Å². The minimum Gasteiger partial charge on any atom is -0.337 e. The lowest BCUT2D eigenvalue weighted by Gasteiger charge is -2.33. The minimum absolute atomic E-state index is 0. The van der Waals surface area contributed by atoms with E-state index in [9.17, 15) is 4.79 Å². The van der Waals surface area contributed by atoms with Gasteiger partial charge in [-0.1, -0.05) is 20.3 Å². The van der Waals surface area contributed by atoms with Crippen LogP contribution in [0.25, 0.3) is 0 Å². The molecule has 1 amide bonds. The Morgan fingerprint density at radius 3 is 2.44 bits per heavy atom. The Labute approximate surface area is 118 Å². The van der Waals surface area contributed by atoms with Crippen molar-refractivity contribution in [3.8, 4) is 0 Å². The molecule has 0 aromatic heterocycles. The molecule has 3 nitrogen and oxygen atoms in total. The fourth-order valence-corrected chi connectivity index (χ4v) is 2.28. The summed E-state index contributed by atoms with van der Waals surface area (Å²) < 4.78 is 0. The molecule has 0 spiro atoms. The zero-order valence-electron chi connectivity index (χ0n) is 12.2. The number of carbonyl (C=O) groups is 1. The van der Waals surface area contributed by atoms with Crippen LogP contribution in [0, 0.1) is 5.92 Å². The molecular weight excluding hydrogens is 248 g/mol. The van der Waals surface area contributed by atoms with Crippen LogP contribution >= 0.6 is 12.4 Å². The molecule has 1 aliphatic carbocycles. The molecule has 0 aromatic carbocycles. The highest BCUT2D eigenvalue weighted by Crippen LogP contribution is 2.32. The second-order valence-corrected chi connectivity index (χ2v) is 5.37. The molecule has 1 saturated carbocycles. The number of amides is 1. The van der Waals surface area contributed by atoms with Gasteiger partial charge in [0, 0.05) is 18.5 Å². The fourth-order valence-electron chi connectivity index (χ4n) is 2.28. The van der Waals surface area contributed by atoms with E-state index >= 15 is 0 Å². The maximum atomic E-state index is 12.3. The second-order valence-electron chi connectivity index (χ2n) is 5.37. The van der Waals surface area contributed by atoms with Crippen LogP contribution in [-0.4, -0.2) is 36.5 Å². The van der Waals surface area contributed by atoms with E-state index in [1.54, 1.807) is 0 Å². The van der Waals surface area contributed by atoms with Gasteiger partial charge in [-0.25, -0.2) is 0 Å². The van der Waals surface area contributed by atoms with E-state index in [1.165, 1.54) is 12.8 Å². The molecular formula is C14H29ClN2O. The van der Waals surface area contributed by atoms with Crippen molar-refractivity contribution in [2.24, 2.45) is 5.92 Å². The van der Waals surface area contributed by atoms with Crippen molar-refractivity contribution in [1.82, 2.24) is 10.2 Å². The topological polar surface area (TPSA) is 32.3 Å². The molecule has 2 unspecified atom stereocenters. The van der Waals surface area contributed by atoms with Crippen molar-refractivity contribution < 1.29 is 4.79 Å². The summed E-state index contributed by atoms with van der Waals surface area (Å²) in [5.74, 6) is 0.958. The third-order valence-corrected chi connectivity index (χ3v) is 3.95. The average molecular weight is 277 g/mol. The van der Waals surface area contributed by atoms with E-state index in [2.05, 4.69) is 31.0 Å². The van der Waals surface area contributed by atoms with Crippen LogP contribution in [0.15, 0.2) is 0 Å². The lowest BCUT2D eigenvalue weighted by Crippen LogP contribution is -2.43. The second kappa shape index (κ2) is 8.76. The molecule has 0 radical (unpaired) electrons. The zero-order valence-corrected chi connectivity index (χ0v) is 13.1. The lowest BCUT2D eigenvalue weighted by molar-refractivity contribution is -0.135. The number of nitrogens with one attached hydrogen (secondary N) is 1. The van der Waals surface area contributed by atoms with Crippen molar-refractivity contribution in [3.05, 3.63) is 0 Å². The summed E-state index contributed by atoms with van der Waals surface area (Å²) in [5, 5.41) is 3.10. The predicted molar refractivity (Wildman–Crippen MR) is 79.2 cm³/mol. The van der Waals surface area contributed by atoms with Gasteiger partial charge in [0.2, 0.25) is 5.91 Å². The Bertz CT molecular complexity index is 244. The van der Waals surface area contributed by atoms with Crippen LogP contribution < -0.4 is 5.32 Å². The van der Waals surface area contributed by atoms with Gasteiger partial charge in [-0.15, -0.1) is 12.4 Å². The van der Waals surface area contributed by atoms with Crippen LogP contribution in [0.1, 0.15) is 52.9 Å². The van der Waals surface area contributed by atoms with Gasteiger partial charge in [-0.05, 0) is 45.7 Å². The van der Waals surface area contributed by atoms with Crippen LogP contribution in [0.3, 0.4) is 0 Å². The van der Waals surface area contributed by atoms with Crippen molar-refractivity contribution in [3.63, 3.8) is 0 Å². The predicted octanol–water partition coefficient (Wildman–Crippen LogP) is 2.83. The molecule has 0 bridgehead atoms. The number of halogens is 1. The largest absolute Gasteiger partial charge is 0.337 e. The minimum atomic E-state index is 0. The number of hydrogen-bond donors (Lipinski definition) is 1. The highest BCUT2D eigenvalue weighted by atomic mass is 35.5.